The Kier molecular flexibility index (Phi) is 5.52. The van der Waals surface area contributed by atoms with Gasteiger partial charge in [-0.15, -0.1) is 11.6 Å². The number of alkyl halides is 1. The minimum Gasteiger partial charge on any atom is -0.126 e. The van der Waals surface area contributed by atoms with Crippen LogP contribution < -0.4 is 0 Å². The molecular formula is C16H25Cl. The zero-order valence-corrected chi connectivity index (χ0v) is 12.3. The predicted molar refractivity (Wildman–Crippen MR) is 78.0 cm³/mol. The van der Waals surface area contributed by atoms with E-state index in [1.54, 1.807) is 0 Å². The first-order valence-corrected chi connectivity index (χ1v) is 7.25. The molecule has 0 aliphatic carbocycles. The summed E-state index contributed by atoms with van der Waals surface area (Å²) in [5.41, 5.74) is 3.11. The molecule has 0 heterocycles. The van der Waals surface area contributed by atoms with Crippen molar-refractivity contribution in [2.24, 2.45) is 5.41 Å². The Morgan fingerprint density at radius 2 is 1.59 bits per heavy atom. The van der Waals surface area contributed by atoms with Crippen LogP contribution >= 0.6 is 11.6 Å². The Balaban J connectivity index is 2.80. The van der Waals surface area contributed by atoms with Gasteiger partial charge in [0.2, 0.25) is 0 Å². The Labute approximate surface area is 111 Å². The molecule has 0 aliphatic heterocycles. The highest BCUT2D eigenvalue weighted by atomic mass is 35.5. The fraction of sp³-hybridized carbons (Fsp3) is 0.625. The van der Waals surface area contributed by atoms with E-state index in [2.05, 4.69) is 52.0 Å². The third-order valence-corrected chi connectivity index (χ3v) is 4.58. The first-order chi connectivity index (χ1) is 8.06. The standard InChI is InChI=1S/C16H25Cl/c1-5-16(6-2,12-17)11-14-7-9-15(10-8-14)13(3)4/h7-10,13H,5-6,11-12H2,1-4H3. The average molecular weight is 253 g/mol. The summed E-state index contributed by atoms with van der Waals surface area (Å²) in [6.45, 7) is 8.95. The molecule has 1 aromatic carbocycles. The van der Waals surface area contributed by atoms with Crippen LogP contribution in [0, 0.1) is 5.41 Å². The van der Waals surface area contributed by atoms with Gasteiger partial charge < -0.3 is 0 Å². The second-order valence-electron chi connectivity index (χ2n) is 5.41. The molecule has 17 heavy (non-hydrogen) atoms. The van der Waals surface area contributed by atoms with Crippen LogP contribution in [0.1, 0.15) is 57.6 Å². The molecule has 1 heteroatoms. The monoisotopic (exact) mass is 252 g/mol. The second-order valence-corrected chi connectivity index (χ2v) is 5.68. The maximum absolute atomic E-state index is 6.16. The molecule has 0 amide bonds. The van der Waals surface area contributed by atoms with E-state index in [-0.39, 0.29) is 5.41 Å². The molecule has 0 nitrogen and oxygen atoms in total. The minimum atomic E-state index is 0.279. The van der Waals surface area contributed by atoms with Gasteiger partial charge in [-0.05, 0) is 41.7 Å². The van der Waals surface area contributed by atoms with Crippen LogP contribution in [0.5, 0.6) is 0 Å². The number of hydrogen-bond acceptors (Lipinski definition) is 0. The highest BCUT2D eigenvalue weighted by Gasteiger charge is 2.25. The Hall–Kier alpha value is -0.490. The van der Waals surface area contributed by atoms with Crippen LogP contribution in [-0.4, -0.2) is 5.88 Å². The van der Waals surface area contributed by atoms with Crippen molar-refractivity contribution >= 4 is 11.6 Å². The Morgan fingerprint density at radius 1 is 1.06 bits per heavy atom. The summed E-state index contributed by atoms with van der Waals surface area (Å²) in [7, 11) is 0. The molecule has 0 N–H and O–H groups in total. The van der Waals surface area contributed by atoms with Gasteiger partial charge in [-0.2, -0.15) is 0 Å². The molecule has 0 radical (unpaired) electrons. The maximum atomic E-state index is 6.16. The smallest absolute Gasteiger partial charge is 0.0282 e. The predicted octanol–water partition coefficient (Wildman–Crippen LogP) is 5.40. The van der Waals surface area contributed by atoms with E-state index in [1.165, 1.54) is 11.1 Å². The van der Waals surface area contributed by atoms with E-state index in [9.17, 15) is 0 Å². The van der Waals surface area contributed by atoms with Crippen molar-refractivity contribution in [1.82, 2.24) is 0 Å². The van der Waals surface area contributed by atoms with Crippen molar-refractivity contribution in [2.45, 2.75) is 52.9 Å². The molecule has 0 unspecified atom stereocenters. The summed E-state index contributed by atoms with van der Waals surface area (Å²) >= 11 is 6.16. The second kappa shape index (κ2) is 6.44. The summed E-state index contributed by atoms with van der Waals surface area (Å²) in [6.07, 6.45) is 3.40. The molecule has 0 fully saturated rings. The van der Waals surface area contributed by atoms with Gasteiger partial charge in [0.05, 0.1) is 0 Å². The quantitative estimate of drug-likeness (QED) is 0.595. The van der Waals surface area contributed by atoms with Crippen LogP contribution in [-0.2, 0) is 6.42 Å². The van der Waals surface area contributed by atoms with E-state index in [0.717, 1.165) is 25.1 Å². The first kappa shape index (κ1) is 14.6. The van der Waals surface area contributed by atoms with Crippen molar-refractivity contribution in [3.05, 3.63) is 35.4 Å². The van der Waals surface area contributed by atoms with E-state index in [1.807, 2.05) is 0 Å². The summed E-state index contributed by atoms with van der Waals surface area (Å²) in [5.74, 6) is 1.37. The van der Waals surface area contributed by atoms with Crippen LogP contribution in [0.4, 0.5) is 0 Å². The van der Waals surface area contributed by atoms with E-state index >= 15 is 0 Å². The lowest BCUT2D eigenvalue weighted by Crippen LogP contribution is -2.24. The Bertz CT molecular complexity index is 312. The SMILES string of the molecule is CCC(CC)(CCl)Cc1ccc(C(C)C)cc1. The molecule has 0 saturated carbocycles. The molecular weight excluding hydrogens is 228 g/mol. The maximum Gasteiger partial charge on any atom is 0.0282 e. The third-order valence-electron chi connectivity index (χ3n) is 4.01. The van der Waals surface area contributed by atoms with Crippen LogP contribution in [0.25, 0.3) is 0 Å². The zero-order valence-electron chi connectivity index (χ0n) is 11.6. The summed E-state index contributed by atoms with van der Waals surface area (Å²) in [4.78, 5) is 0. The van der Waals surface area contributed by atoms with E-state index < -0.39 is 0 Å². The number of rotatable bonds is 6. The molecule has 0 aromatic heterocycles. The van der Waals surface area contributed by atoms with Crippen LogP contribution in [0.3, 0.4) is 0 Å². The van der Waals surface area contributed by atoms with Gasteiger partial charge in [-0.25, -0.2) is 0 Å². The molecule has 0 atom stereocenters. The summed E-state index contributed by atoms with van der Waals surface area (Å²) < 4.78 is 0. The van der Waals surface area contributed by atoms with Gasteiger partial charge >= 0.3 is 0 Å². The highest BCUT2D eigenvalue weighted by molar-refractivity contribution is 6.18. The lowest BCUT2D eigenvalue weighted by atomic mass is 9.78. The van der Waals surface area contributed by atoms with Gasteiger partial charge in [0, 0.05) is 5.88 Å². The van der Waals surface area contributed by atoms with Crippen molar-refractivity contribution in [2.75, 3.05) is 5.88 Å². The lowest BCUT2D eigenvalue weighted by Gasteiger charge is -2.29. The van der Waals surface area contributed by atoms with Gasteiger partial charge in [-0.3, -0.25) is 0 Å². The van der Waals surface area contributed by atoms with Gasteiger partial charge in [0.1, 0.15) is 0 Å². The minimum absolute atomic E-state index is 0.279. The molecule has 0 saturated heterocycles. The fourth-order valence-corrected chi connectivity index (χ4v) is 2.66. The van der Waals surface area contributed by atoms with E-state index in [0.29, 0.717) is 5.92 Å². The first-order valence-electron chi connectivity index (χ1n) is 6.71. The normalized spacial score (nSPS) is 12.1. The van der Waals surface area contributed by atoms with Gasteiger partial charge in [0.25, 0.3) is 0 Å². The van der Waals surface area contributed by atoms with Crippen LogP contribution in [0.15, 0.2) is 24.3 Å². The Morgan fingerprint density at radius 3 is 1.94 bits per heavy atom. The summed E-state index contributed by atoms with van der Waals surface area (Å²) in [5, 5.41) is 0. The number of halogens is 1. The van der Waals surface area contributed by atoms with Crippen molar-refractivity contribution in [1.29, 1.82) is 0 Å². The molecule has 0 aliphatic rings. The molecule has 1 aromatic rings. The van der Waals surface area contributed by atoms with Gasteiger partial charge in [-0.1, -0.05) is 52.0 Å². The lowest BCUT2D eigenvalue weighted by molar-refractivity contribution is 0.302. The topological polar surface area (TPSA) is 0 Å². The fourth-order valence-electron chi connectivity index (χ4n) is 2.19. The average Bonchev–Trinajstić information content (AvgIpc) is 2.37. The van der Waals surface area contributed by atoms with Gasteiger partial charge in [0.15, 0.2) is 0 Å². The third kappa shape index (κ3) is 3.74. The van der Waals surface area contributed by atoms with Crippen molar-refractivity contribution in [3.63, 3.8) is 0 Å². The zero-order chi connectivity index (χ0) is 12.9. The molecule has 1 rings (SSSR count). The largest absolute Gasteiger partial charge is 0.126 e. The molecule has 0 bridgehead atoms. The van der Waals surface area contributed by atoms with Crippen molar-refractivity contribution < 1.29 is 0 Å². The number of benzene rings is 1. The molecule has 96 valence electrons. The number of hydrogen-bond donors (Lipinski definition) is 0. The highest BCUT2D eigenvalue weighted by Crippen LogP contribution is 2.32. The van der Waals surface area contributed by atoms with E-state index in [4.69, 9.17) is 11.6 Å². The molecule has 0 spiro atoms. The van der Waals surface area contributed by atoms with Crippen LogP contribution in [0.2, 0.25) is 0 Å². The van der Waals surface area contributed by atoms with Crippen molar-refractivity contribution in [3.8, 4) is 0 Å². The summed E-state index contributed by atoms with van der Waals surface area (Å²) in [6, 6.07) is 9.04.